The minimum atomic E-state index is 0.0308. The van der Waals surface area contributed by atoms with Gasteiger partial charge >= 0.3 is 0 Å². The van der Waals surface area contributed by atoms with E-state index in [1.54, 1.807) is 35.6 Å². The quantitative estimate of drug-likeness (QED) is 0.758. The molecule has 1 aliphatic heterocycles. The van der Waals surface area contributed by atoms with E-state index in [1.807, 2.05) is 4.90 Å². The zero-order valence-corrected chi connectivity index (χ0v) is 16.2. The third-order valence-electron chi connectivity index (χ3n) is 5.26. The molecule has 1 aliphatic rings. The van der Waals surface area contributed by atoms with Gasteiger partial charge in [0.15, 0.2) is 0 Å². The summed E-state index contributed by atoms with van der Waals surface area (Å²) in [4.78, 5) is 19.3. The summed E-state index contributed by atoms with van der Waals surface area (Å²) in [6.45, 7) is 5.70. The minimum absolute atomic E-state index is 0.0308. The first-order valence-corrected chi connectivity index (χ1v) is 9.54. The zero-order valence-electron chi connectivity index (χ0n) is 16.2. The number of rotatable bonds is 4. The van der Waals surface area contributed by atoms with E-state index in [0.29, 0.717) is 17.9 Å². The number of benzene rings is 1. The van der Waals surface area contributed by atoms with Gasteiger partial charge in [0.05, 0.1) is 0 Å². The Labute approximate surface area is 164 Å². The maximum Gasteiger partial charge on any atom is 0.254 e. The number of nitrogens with one attached hydrogen (secondary N) is 1. The molecule has 28 heavy (non-hydrogen) atoms. The molecule has 1 amide bonds. The van der Waals surface area contributed by atoms with Gasteiger partial charge in [0.25, 0.3) is 5.91 Å². The Kier molecular flexibility index (Phi) is 5.06. The normalized spacial score (nSPS) is 16.8. The molecule has 1 fully saturated rings. The van der Waals surface area contributed by atoms with Crippen molar-refractivity contribution in [2.24, 2.45) is 0 Å². The number of anilines is 1. The molecule has 144 valence electrons. The summed E-state index contributed by atoms with van der Waals surface area (Å²) in [5.74, 6) is 0.668. The Morgan fingerprint density at radius 3 is 2.71 bits per heavy atom. The number of likely N-dealkylation sites (tertiary alicyclic amines) is 1. The summed E-state index contributed by atoms with van der Waals surface area (Å²) in [7, 11) is 0. The number of carbonyl (C=O) groups is 1. The van der Waals surface area contributed by atoms with Gasteiger partial charge < -0.3 is 10.2 Å². The van der Waals surface area contributed by atoms with Crippen LogP contribution < -0.4 is 5.32 Å². The minimum Gasteiger partial charge on any atom is -0.381 e. The zero-order chi connectivity index (χ0) is 19.5. The molecular weight excluding hydrogens is 352 g/mol. The predicted molar refractivity (Wildman–Crippen MR) is 108 cm³/mol. The van der Waals surface area contributed by atoms with Crippen molar-refractivity contribution in [1.82, 2.24) is 24.6 Å². The number of carbonyl (C=O) groups excluding carboxylic acids is 1. The second-order valence-corrected chi connectivity index (χ2v) is 7.31. The first-order chi connectivity index (χ1) is 13.6. The summed E-state index contributed by atoms with van der Waals surface area (Å²) in [6, 6.07) is 10.2. The lowest BCUT2D eigenvalue weighted by Crippen LogP contribution is -2.45. The van der Waals surface area contributed by atoms with Crippen molar-refractivity contribution in [2.75, 3.05) is 18.4 Å². The van der Waals surface area contributed by atoms with Crippen LogP contribution in [0.2, 0.25) is 0 Å². The van der Waals surface area contributed by atoms with Gasteiger partial charge in [-0.25, -0.2) is 4.98 Å². The van der Waals surface area contributed by atoms with Crippen molar-refractivity contribution in [1.29, 1.82) is 0 Å². The number of nitrogens with zero attached hydrogens (tertiary/aromatic N) is 5. The number of aryl methyl sites for hydroxylation is 2. The van der Waals surface area contributed by atoms with Crippen molar-refractivity contribution in [2.45, 2.75) is 32.7 Å². The first-order valence-electron chi connectivity index (χ1n) is 9.54. The topological polar surface area (TPSA) is 75.9 Å². The van der Waals surface area contributed by atoms with E-state index in [4.69, 9.17) is 0 Å². The molecule has 2 aromatic heterocycles. The fraction of sp³-hybridized carbons (Fsp3) is 0.333. The fourth-order valence-electron chi connectivity index (χ4n) is 3.54. The highest BCUT2D eigenvalue weighted by Gasteiger charge is 2.25. The summed E-state index contributed by atoms with van der Waals surface area (Å²) < 4.78 is 1.69. The van der Waals surface area contributed by atoms with Gasteiger partial charge in [0, 0.05) is 36.6 Å². The Balaban J connectivity index is 1.46. The van der Waals surface area contributed by atoms with Gasteiger partial charge in [-0.2, -0.15) is 0 Å². The molecule has 3 aromatic rings. The van der Waals surface area contributed by atoms with Gasteiger partial charge in [0.1, 0.15) is 18.5 Å². The molecule has 1 saturated heterocycles. The number of piperidine rings is 1. The standard InChI is InChI=1S/C21H24N6O/c1-15-5-6-18(10-16(15)2)25-19-4-3-9-26(12-19)21(28)17-7-8-22-20(11-17)27-13-23-24-14-27/h5-8,10-11,13-14,19,25H,3-4,9,12H2,1-2H3/t19-/m1/s1. The Morgan fingerprint density at radius 1 is 1.11 bits per heavy atom. The number of hydrogen-bond donors (Lipinski definition) is 1. The van der Waals surface area contributed by atoms with E-state index in [1.165, 1.54) is 11.1 Å². The van der Waals surface area contributed by atoms with Crippen LogP contribution in [0.25, 0.3) is 5.82 Å². The molecule has 7 heteroatoms. The third-order valence-corrected chi connectivity index (χ3v) is 5.26. The Bertz CT molecular complexity index is 969. The van der Waals surface area contributed by atoms with Crippen molar-refractivity contribution in [3.63, 3.8) is 0 Å². The molecule has 1 aromatic carbocycles. The SMILES string of the molecule is Cc1ccc(N[C@@H]2CCCN(C(=O)c3ccnc(-n4cnnc4)c3)C2)cc1C. The van der Waals surface area contributed by atoms with Crippen LogP contribution in [0, 0.1) is 13.8 Å². The summed E-state index contributed by atoms with van der Waals surface area (Å²) in [6.07, 6.45) is 6.83. The van der Waals surface area contributed by atoms with Gasteiger partial charge in [-0.1, -0.05) is 6.07 Å². The molecule has 7 nitrogen and oxygen atoms in total. The van der Waals surface area contributed by atoms with E-state index in [9.17, 15) is 4.79 Å². The number of amides is 1. The van der Waals surface area contributed by atoms with Gasteiger partial charge in [-0.05, 0) is 62.1 Å². The van der Waals surface area contributed by atoms with Crippen LogP contribution in [-0.2, 0) is 0 Å². The van der Waals surface area contributed by atoms with Crippen LogP contribution in [0.3, 0.4) is 0 Å². The summed E-state index contributed by atoms with van der Waals surface area (Å²) in [5, 5.41) is 11.2. The molecule has 0 unspecified atom stereocenters. The average Bonchev–Trinajstić information content (AvgIpc) is 3.25. The highest BCUT2D eigenvalue weighted by Crippen LogP contribution is 2.20. The lowest BCUT2D eigenvalue weighted by Gasteiger charge is -2.34. The van der Waals surface area contributed by atoms with Crippen LogP contribution in [0.15, 0.2) is 49.2 Å². The van der Waals surface area contributed by atoms with Crippen LogP contribution in [0.1, 0.15) is 34.3 Å². The van der Waals surface area contributed by atoms with Gasteiger partial charge in [-0.15, -0.1) is 10.2 Å². The largest absolute Gasteiger partial charge is 0.381 e. The van der Waals surface area contributed by atoms with E-state index < -0.39 is 0 Å². The fourth-order valence-corrected chi connectivity index (χ4v) is 3.54. The maximum atomic E-state index is 13.0. The number of hydrogen-bond acceptors (Lipinski definition) is 5. The highest BCUT2D eigenvalue weighted by molar-refractivity contribution is 5.94. The highest BCUT2D eigenvalue weighted by atomic mass is 16.2. The van der Waals surface area contributed by atoms with E-state index >= 15 is 0 Å². The van der Waals surface area contributed by atoms with Crippen molar-refractivity contribution in [3.05, 3.63) is 65.9 Å². The molecule has 1 atom stereocenters. The molecule has 0 aliphatic carbocycles. The van der Waals surface area contributed by atoms with Crippen molar-refractivity contribution < 1.29 is 4.79 Å². The number of aromatic nitrogens is 4. The van der Waals surface area contributed by atoms with E-state index in [2.05, 4.69) is 52.5 Å². The van der Waals surface area contributed by atoms with Crippen molar-refractivity contribution >= 4 is 11.6 Å². The van der Waals surface area contributed by atoms with Gasteiger partial charge in [-0.3, -0.25) is 9.36 Å². The second kappa shape index (κ2) is 7.80. The Morgan fingerprint density at radius 2 is 1.93 bits per heavy atom. The van der Waals surface area contributed by atoms with Crippen LogP contribution >= 0.6 is 0 Å². The first kappa shape index (κ1) is 18.2. The molecule has 4 rings (SSSR count). The molecule has 0 spiro atoms. The monoisotopic (exact) mass is 376 g/mol. The summed E-state index contributed by atoms with van der Waals surface area (Å²) >= 11 is 0. The molecular formula is C21H24N6O. The summed E-state index contributed by atoms with van der Waals surface area (Å²) in [5.41, 5.74) is 4.30. The van der Waals surface area contributed by atoms with Crippen molar-refractivity contribution in [3.8, 4) is 5.82 Å². The Hall–Kier alpha value is -3.22. The van der Waals surface area contributed by atoms with Crippen LogP contribution in [0.4, 0.5) is 5.69 Å². The smallest absolute Gasteiger partial charge is 0.254 e. The molecule has 1 N–H and O–H groups in total. The lowest BCUT2D eigenvalue weighted by atomic mass is 10.0. The average molecular weight is 376 g/mol. The second-order valence-electron chi connectivity index (χ2n) is 7.31. The third kappa shape index (κ3) is 3.88. The van der Waals surface area contributed by atoms with Crippen LogP contribution in [0.5, 0.6) is 0 Å². The molecule has 3 heterocycles. The van der Waals surface area contributed by atoms with E-state index in [0.717, 1.165) is 25.1 Å². The molecule has 0 saturated carbocycles. The lowest BCUT2D eigenvalue weighted by molar-refractivity contribution is 0.0714. The molecule has 0 radical (unpaired) electrons. The molecule has 0 bridgehead atoms. The van der Waals surface area contributed by atoms with Crippen LogP contribution in [-0.4, -0.2) is 49.7 Å². The number of pyridine rings is 1. The van der Waals surface area contributed by atoms with Gasteiger partial charge in [0.2, 0.25) is 0 Å². The van der Waals surface area contributed by atoms with E-state index in [-0.39, 0.29) is 11.9 Å². The maximum absolute atomic E-state index is 13.0. The predicted octanol–water partition coefficient (Wildman–Crippen LogP) is 3.00.